The molecule has 146 valence electrons. The van der Waals surface area contributed by atoms with Gasteiger partial charge in [-0.3, -0.25) is 9.69 Å². The Labute approximate surface area is 164 Å². The van der Waals surface area contributed by atoms with Gasteiger partial charge in [0.2, 0.25) is 0 Å². The summed E-state index contributed by atoms with van der Waals surface area (Å²) in [5.74, 6) is 0.721. The lowest BCUT2D eigenvalue weighted by molar-refractivity contribution is 0.0988. The van der Waals surface area contributed by atoms with Crippen LogP contribution in [-0.2, 0) is 0 Å². The number of benzene rings is 2. The molecule has 0 saturated carbocycles. The van der Waals surface area contributed by atoms with Crippen LogP contribution in [0, 0.1) is 0 Å². The Balaban J connectivity index is 1.68. The third-order valence-corrected chi connectivity index (χ3v) is 5.40. The van der Waals surface area contributed by atoms with E-state index in [0.29, 0.717) is 43.2 Å². The molecule has 1 atom stereocenters. The first-order valence-electron chi connectivity index (χ1n) is 9.48. The zero-order valence-corrected chi connectivity index (χ0v) is 15.9. The number of hydrogen-bond donors (Lipinski definition) is 2. The number of nitrogens with zero attached hydrogens (tertiary/aromatic N) is 2. The van der Waals surface area contributed by atoms with Crippen LogP contribution in [0.15, 0.2) is 42.5 Å². The van der Waals surface area contributed by atoms with E-state index < -0.39 is 0 Å². The summed E-state index contributed by atoms with van der Waals surface area (Å²) < 4.78 is 5.41. The van der Waals surface area contributed by atoms with Crippen molar-refractivity contribution in [1.29, 1.82) is 0 Å². The first kappa shape index (κ1) is 18.3. The molecule has 0 spiro atoms. The summed E-state index contributed by atoms with van der Waals surface area (Å²) >= 11 is 0. The van der Waals surface area contributed by atoms with Crippen LogP contribution in [0.2, 0.25) is 0 Å². The average Bonchev–Trinajstić information content (AvgIpc) is 3.31. The second kappa shape index (κ2) is 7.52. The molecule has 2 aromatic carbocycles. The number of carbonyl (C=O) groups excluding carboxylic acids is 2. The highest BCUT2D eigenvalue weighted by molar-refractivity contribution is 6.09. The van der Waals surface area contributed by atoms with Crippen LogP contribution in [0.3, 0.4) is 0 Å². The van der Waals surface area contributed by atoms with Crippen molar-refractivity contribution < 1.29 is 14.3 Å². The third kappa shape index (κ3) is 3.07. The van der Waals surface area contributed by atoms with Crippen LogP contribution < -0.4 is 25.6 Å². The summed E-state index contributed by atoms with van der Waals surface area (Å²) in [4.78, 5) is 28.9. The zero-order valence-electron chi connectivity index (χ0n) is 15.9. The van der Waals surface area contributed by atoms with E-state index in [0.717, 1.165) is 17.7 Å². The van der Waals surface area contributed by atoms with E-state index in [1.807, 2.05) is 23.1 Å². The fourth-order valence-electron chi connectivity index (χ4n) is 4.03. The van der Waals surface area contributed by atoms with E-state index >= 15 is 0 Å². The van der Waals surface area contributed by atoms with Crippen molar-refractivity contribution in [1.82, 2.24) is 5.32 Å². The number of urea groups is 1. The fraction of sp³-hybridized carbons (Fsp3) is 0.333. The molecular formula is C21H24N4O3. The number of nitrogens with one attached hydrogen (secondary N) is 1. The monoisotopic (exact) mass is 380 g/mol. The summed E-state index contributed by atoms with van der Waals surface area (Å²) in [6.45, 7) is 2.30. The van der Waals surface area contributed by atoms with Gasteiger partial charge in [0, 0.05) is 36.8 Å². The molecule has 3 N–H and O–H groups in total. The normalized spacial score (nSPS) is 18.2. The van der Waals surface area contributed by atoms with Crippen molar-refractivity contribution in [3.05, 3.63) is 53.6 Å². The number of ether oxygens (including phenoxy) is 1. The van der Waals surface area contributed by atoms with E-state index in [4.69, 9.17) is 10.5 Å². The molecule has 2 heterocycles. The largest absolute Gasteiger partial charge is 0.495 e. The number of hydrogen-bond acceptors (Lipinski definition) is 4. The second-order valence-electron chi connectivity index (χ2n) is 7.02. The van der Waals surface area contributed by atoms with Gasteiger partial charge in [0.25, 0.3) is 5.91 Å². The highest BCUT2D eigenvalue weighted by atomic mass is 16.5. The van der Waals surface area contributed by atoms with E-state index in [1.54, 1.807) is 30.2 Å². The number of nitrogens with two attached hydrogens (primary N) is 1. The Morgan fingerprint density at radius 2 is 2.07 bits per heavy atom. The number of anilines is 2. The molecule has 1 unspecified atom stereocenters. The second-order valence-corrected chi connectivity index (χ2v) is 7.02. The van der Waals surface area contributed by atoms with Crippen LogP contribution >= 0.6 is 0 Å². The molecule has 7 heteroatoms. The summed E-state index contributed by atoms with van der Waals surface area (Å²) in [5, 5.41) is 2.78. The molecule has 28 heavy (non-hydrogen) atoms. The molecular weight excluding hydrogens is 356 g/mol. The molecule has 3 amide bonds. The van der Waals surface area contributed by atoms with Gasteiger partial charge in [0.05, 0.1) is 12.8 Å². The van der Waals surface area contributed by atoms with E-state index in [1.165, 1.54) is 0 Å². The van der Waals surface area contributed by atoms with Gasteiger partial charge in [-0.2, -0.15) is 0 Å². The number of fused-ring (bicyclic) bond motifs is 1. The lowest BCUT2D eigenvalue weighted by Crippen LogP contribution is -2.31. The Morgan fingerprint density at radius 3 is 2.79 bits per heavy atom. The van der Waals surface area contributed by atoms with Crippen molar-refractivity contribution in [3.8, 4) is 5.75 Å². The van der Waals surface area contributed by atoms with Gasteiger partial charge >= 0.3 is 6.03 Å². The maximum Gasteiger partial charge on any atom is 0.322 e. The highest BCUT2D eigenvalue weighted by Gasteiger charge is 2.33. The smallest absolute Gasteiger partial charge is 0.322 e. The van der Waals surface area contributed by atoms with Gasteiger partial charge in [-0.25, -0.2) is 4.79 Å². The minimum atomic E-state index is -0.183. The van der Waals surface area contributed by atoms with Crippen molar-refractivity contribution in [2.24, 2.45) is 5.73 Å². The van der Waals surface area contributed by atoms with Gasteiger partial charge < -0.3 is 20.7 Å². The first-order chi connectivity index (χ1) is 13.6. The SMILES string of the molecule is COc1ccc(C(=O)N2CC(CCN)c3ccccc32)cc1N1CCNC1=O. The Morgan fingerprint density at radius 1 is 1.25 bits per heavy atom. The standard InChI is InChI=1S/C21H24N4O3/c1-28-19-7-6-14(12-18(19)24-11-10-23-21(24)27)20(26)25-13-15(8-9-22)16-4-2-3-5-17(16)25/h2-7,12,15H,8-11,13,22H2,1H3,(H,23,27). The maximum atomic E-state index is 13.3. The molecule has 1 fully saturated rings. The highest BCUT2D eigenvalue weighted by Crippen LogP contribution is 2.39. The van der Waals surface area contributed by atoms with Gasteiger partial charge in [-0.15, -0.1) is 0 Å². The van der Waals surface area contributed by atoms with Crippen LogP contribution in [0.1, 0.15) is 28.3 Å². The van der Waals surface area contributed by atoms with Crippen LogP contribution in [0.25, 0.3) is 0 Å². The number of amides is 3. The molecule has 2 aromatic rings. The van der Waals surface area contributed by atoms with Crippen molar-refractivity contribution in [2.75, 3.05) is 43.1 Å². The molecule has 1 saturated heterocycles. The molecule has 0 bridgehead atoms. The average molecular weight is 380 g/mol. The summed E-state index contributed by atoms with van der Waals surface area (Å²) in [7, 11) is 1.56. The van der Waals surface area contributed by atoms with E-state index in [2.05, 4.69) is 11.4 Å². The number of methoxy groups -OCH3 is 1. The van der Waals surface area contributed by atoms with Crippen LogP contribution in [0.5, 0.6) is 5.75 Å². The van der Waals surface area contributed by atoms with Crippen LogP contribution in [0.4, 0.5) is 16.2 Å². The summed E-state index contributed by atoms with van der Waals surface area (Å²) in [6.07, 6.45) is 0.836. The Kier molecular flexibility index (Phi) is 4.92. The van der Waals surface area contributed by atoms with Gasteiger partial charge in [-0.1, -0.05) is 18.2 Å². The zero-order chi connectivity index (χ0) is 19.7. The molecule has 0 aromatic heterocycles. The molecule has 7 nitrogen and oxygen atoms in total. The third-order valence-electron chi connectivity index (χ3n) is 5.40. The van der Waals surface area contributed by atoms with Crippen molar-refractivity contribution in [2.45, 2.75) is 12.3 Å². The predicted molar refractivity (Wildman–Crippen MR) is 108 cm³/mol. The number of carbonyl (C=O) groups is 2. The van der Waals surface area contributed by atoms with Gasteiger partial charge in [0.1, 0.15) is 5.75 Å². The lowest BCUT2D eigenvalue weighted by atomic mass is 9.98. The lowest BCUT2D eigenvalue weighted by Gasteiger charge is -2.21. The maximum absolute atomic E-state index is 13.3. The number of para-hydroxylation sites is 1. The number of rotatable bonds is 5. The molecule has 0 radical (unpaired) electrons. The quantitative estimate of drug-likeness (QED) is 0.833. The molecule has 2 aliphatic heterocycles. The summed E-state index contributed by atoms with van der Waals surface area (Å²) in [6, 6.07) is 13.0. The Bertz CT molecular complexity index is 914. The molecule has 0 aliphatic carbocycles. The van der Waals surface area contributed by atoms with Gasteiger partial charge in [0.15, 0.2) is 0 Å². The summed E-state index contributed by atoms with van der Waals surface area (Å²) in [5.41, 5.74) is 9.00. The minimum Gasteiger partial charge on any atom is -0.495 e. The molecule has 2 aliphatic rings. The van der Waals surface area contributed by atoms with E-state index in [9.17, 15) is 9.59 Å². The van der Waals surface area contributed by atoms with Crippen LogP contribution in [-0.4, -0.2) is 45.2 Å². The molecule has 4 rings (SSSR count). The topological polar surface area (TPSA) is 87.9 Å². The van der Waals surface area contributed by atoms with Crippen molar-refractivity contribution in [3.63, 3.8) is 0 Å². The predicted octanol–water partition coefficient (Wildman–Crippen LogP) is 2.32. The van der Waals surface area contributed by atoms with Crippen molar-refractivity contribution >= 4 is 23.3 Å². The fourth-order valence-corrected chi connectivity index (χ4v) is 4.03. The Hall–Kier alpha value is -3.06. The van der Waals surface area contributed by atoms with Gasteiger partial charge in [-0.05, 0) is 42.8 Å². The minimum absolute atomic E-state index is 0.0875. The van der Waals surface area contributed by atoms with E-state index in [-0.39, 0.29) is 17.9 Å². The first-order valence-corrected chi connectivity index (χ1v) is 9.48.